The second kappa shape index (κ2) is 7.72. The molecule has 0 saturated carbocycles. The molecule has 2 N–H and O–H groups in total. The molecule has 1 spiro atoms. The third-order valence-electron chi connectivity index (χ3n) is 5.30. The lowest BCUT2D eigenvalue weighted by Gasteiger charge is -2.44. The zero-order valence-corrected chi connectivity index (χ0v) is 14.6. The number of hydrogen-bond acceptors (Lipinski definition) is 3. The quantitative estimate of drug-likeness (QED) is 0.836. The number of likely N-dealkylation sites (tertiary alicyclic amines) is 1. The lowest BCUT2D eigenvalue weighted by Crippen LogP contribution is -2.46. The maximum atomic E-state index is 12.5. The van der Waals surface area contributed by atoms with E-state index in [0.717, 1.165) is 32.4 Å². The molecule has 1 saturated heterocycles. The first-order chi connectivity index (χ1) is 12.1. The van der Waals surface area contributed by atoms with Crippen molar-refractivity contribution < 1.29 is 14.3 Å². The summed E-state index contributed by atoms with van der Waals surface area (Å²) in [5.41, 5.74) is 5.96. The Kier molecular flexibility index (Phi) is 5.41. The fraction of sp³-hybridized carbons (Fsp3) is 0.500. The van der Waals surface area contributed by atoms with Gasteiger partial charge in [0.1, 0.15) is 5.75 Å². The van der Waals surface area contributed by atoms with E-state index in [1.54, 1.807) is 24.3 Å². The molecule has 2 aliphatic rings. The summed E-state index contributed by atoms with van der Waals surface area (Å²) >= 11 is 0. The van der Waals surface area contributed by atoms with Gasteiger partial charge in [0.2, 0.25) is 11.8 Å². The monoisotopic (exact) mass is 342 g/mol. The van der Waals surface area contributed by atoms with Crippen LogP contribution in [0.3, 0.4) is 0 Å². The fourth-order valence-electron chi connectivity index (χ4n) is 3.86. The van der Waals surface area contributed by atoms with Crippen molar-refractivity contribution in [1.29, 1.82) is 0 Å². The Labute approximate surface area is 148 Å². The highest BCUT2D eigenvalue weighted by Crippen LogP contribution is 2.40. The Balaban J connectivity index is 1.47. The van der Waals surface area contributed by atoms with Crippen LogP contribution < -0.4 is 10.5 Å². The normalized spacial score (nSPS) is 22.8. The lowest BCUT2D eigenvalue weighted by molar-refractivity contribution is -0.135. The minimum atomic E-state index is -0.460. The van der Waals surface area contributed by atoms with Gasteiger partial charge in [0.05, 0.1) is 13.0 Å². The number of ether oxygens (including phenoxy) is 1. The maximum Gasteiger partial charge on any atom is 0.248 e. The van der Waals surface area contributed by atoms with E-state index in [1.807, 2.05) is 4.90 Å². The van der Waals surface area contributed by atoms with Crippen LogP contribution in [0.4, 0.5) is 0 Å². The van der Waals surface area contributed by atoms with Gasteiger partial charge in [-0.25, -0.2) is 0 Å². The van der Waals surface area contributed by atoms with E-state index < -0.39 is 5.91 Å². The number of carbonyl (C=O) groups excluding carboxylic acids is 2. The van der Waals surface area contributed by atoms with Crippen molar-refractivity contribution in [1.82, 2.24) is 4.90 Å². The molecule has 5 heteroatoms. The van der Waals surface area contributed by atoms with Gasteiger partial charge in [-0.05, 0) is 61.8 Å². The third-order valence-corrected chi connectivity index (χ3v) is 5.30. The molecule has 0 radical (unpaired) electrons. The lowest BCUT2D eigenvalue weighted by atomic mass is 9.71. The summed E-state index contributed by atoms with van der Waals surface area (Å²) in [4.78, 5) is 25.6. The molecule has 1 aliphatic heterocycles. The second-order valence-electron chi connectivity index (χ2n) is 7.12. The van der Waals surface area contributed by atoms with Gasteiger partial charge in [0.15, 0.2) is 0 Å². The Morgan fingerprint density at radius 1 is 1.16 bits per heavy atom. The third kappa shape index (κ3) is 4.41. The minimum absolute atomic E-state index is 0.169. The van der Waals surface area contributed by atoms with Gasteiger partial charge in [-0.15, -0.1) is 0 Å². The molecule has 3 rings (SSSR count). The number of allylic oxidation sites excluding steroid dienone is 2. The van der Waals surface area contributed by atoms with E-state index in [0.29, 0.717) is 29.8 Å². The van der Waals surface area contributed by atoms with Gasteiger partial charge in [0, 0.05) is 18.7 Å². The molecule has 5 nitrogen and oxygen atoms in total. The Hall–Kier alpha value is -2.30. The van der Waals surface area contributed by atoms with Gasteiger partial charge in [0.25, 0.3) is 0 Å². The van der Waals surface area contributed by atoms with Crippen molar-refractivity contribution in [3.05, 3.63) is 42.0 Å². The van der Waals surface area contributed by atoms with E-state index in [4.69, 9.17) is 10.5 Å². The number of nitrogens with zero attached hydrogens (tertiary/aromatic N) is 1. The van der Waals surface area contributed by atoms with Gasteiger partial charge in [-0.3, -0.25) is 9.59 Å². The van der Waals surface area contributed by atoms with Crippen LogP contribution in [0.1, 0.15) is 48.9 Å². The first-order valence-corrected chi connectivity index (χ1v) is 9.03. The number of amides is 2. The summed E-state index contributed by atoms with van der Waals surface area (Å²) in [5, 5.41) is 0. The van der Waals surface area contributed by atoms with Crippen LogP contribution in [0, 0.1) is 5.41 Å². The van der Waals surface area contributed by atoms with Crippen molar-refractivity contribution in [2.45, 2.75) is 38.5 Å². The topological polar surface area (TPSA) is 72.6 Å². The first-order valence-electron chi connectivity index (χ1n) is 9.03. The molecule has 0 bridgehead atoms. The molecule has 2 amide bonds. The Morgan fingerprint density at radius 3 is 2.64 bits per heavy atom. The zero-order valence-electron chi connectivity index (χ0n) is 14.6. The largest absolute Gasteiger partial charge is 0.493 e. The summed E-state index contributed by atoms with van der Waals surface area (Å²) in [6.07, 6.45) is 10.6. The highest BCUT2D eigenvalue weighted by molar-refractivity contribution is 5.92. The van der Waals surface area contributed by atoms with Gasteiger partial charge < -0.3 is 15.4 Å². The predicted molar refractivity (Wildman–Crippen MR) is 96.3 cm³/mol. The Morgan fingerprint density at radius 2 is 1.96 bits per heavy atom. The summed E-state index contributed by atoms with van der Waals surface area (Å²) in [6, 6.07) is 6.67. The number of primary amides is 1. The summed E-state index contributed by atoms with van der Waals surface area (Å²) in [5.74, 6) is 0.353. The van der Waals surface area contributed by atoms with Crippen molar-refractivity contribution in [2.75, 3.05) is 19.7 Å². The number of piperidine rings is 1. The standard InChI is InChI=1S/C20H26N2O3/c21-19(24)16-5-7-17(8-6-16)25-14-9-18(23)22-13-4-12-20(15-22)10-2-1-3-11-20/h1-2,5-8H,3-4,9-15H2,(H2,21,24)/t20-/m0/s1. The van der Waals surface area contributed by atoms with E-state index in [-0.39, 0.29) is 5.91 Å². The number of benzene rings is 1. The van der Waals surface area contributed by atoms with E-state index >= 15 is 0 Å². The van der Waals surface area contributed by atoms with Crippen LogP contribution in [0.25, 0.3) is 0 Å². The van der Waals surface area contributed by atoms with Gasteiger partial charge in [-0.2, -0.15) is 0 Å². The van der Waals surface area contributed by atoms with Crippen LogP contribution >= 0.6 is 0 Å². The minimum Gasteiger partial charge on any atom is -0.493 e. The molecule has 134 valence electrons. The molecule has 1 fully saturated rings. The zero-order chi connectivity index (χ0) is 17.7. The Bertz CT molecular complexity index is 653. The van der Waals surface area contributed by atoms with Crippen molar-refractivity contribution >= 4 is 11.8 Å². The smallest absolute Gasteiger partial charge is 0.248 e. The van der Waals surface area contributed by atoms with Crippen molar-refractivity contribution in [2.24, 2.45) is 11.1 Å². The van der Waals surface area contributed by atoms with Crippen LogP contribution in [0.15, 0.2) is 36.4 Å². The highest BCUT2D eigenvalue weighted by atomic mass is 16.5. The van der Waals surface area contributed by atoms with E-state index in [2.05, 4.69) is 12.2 Å². The SMILES string of the molecule is NC(=O)c1ccc(OCCC(=O)N2CCC[C@@]3(CC=CCC3)C2)cc1. The fourth-order valence-corrected chi connectivity index (χ4v) is 3.86. The number of rotatable bonds is 5. The molecular weight excluding hydrogens is 316 g/mol. The number of hydrogen-bond donors (Lipinski definition) is 1. The van der Waals surface area contributed by atoms with Crippen LogP contribution in [-0.4, -0.2) is 36.4 Å². The summed E-state index contributed by atoms with van der Waals surface area (Å²) < 4.78 is 5.63. The average Bonchev–Trinajstić information content (AvgIpc) is 2.63. The summed E-state index contributed by atoms with van der Waals surface area (Å²) in [6.45, 7) is 2.08. The predicted octanol–water partition coefficient (Wildman–Crippen LogP) is 2.90. The maximum absolute atomic E-state index is 12.5. The molecule has 0 aromatic heterocycles. The summed E-state index contributed by atoms with van der Waals surface area (Å²) in [7, 11) is 0. The van der Waals surface area contributed by atoms with Crippen LogP contribution in [0.2, 0.25) is 0 Å². The molecule has 1 heterocycles. The number of nitrogens with two attached hydrogens (primary N) is 1. The van der Waals surface area contributed by atoms with Crippen molar-refractivity contribution in [3.63, 3.8) is 0 Å². The molecule has 1 aromatic carbocycles. The number of carbonyl (C=O) groups is 2. The molecule has 1 aliphatic carbocycles. The second-order valence-corrected chi connectivity index (χ2v) is 7.12. The highest BCUT2D eigenvalue weighted by Gasteiger charge is 2.36. The first kappa shape index (κ1) is 17.5. The molecule has 25 heavy (non-hydrogen) atoms. The molecule has 1 aromatic rings. The van der Waals surface area contributed by atoms with E-state index in [9.17, 15) is 9.59 Å². The van der Waals surface area contributed by atoms with E-state index in [1.165, 1.54) is 12.8 Å². The van der Waals surface area contributed by atoms with Gasteiger partial charge in [-0.1, -0.05) is 12.2 Å². The molecule has 0 unspecified atom stereocenters. The molecule has 1 atom stereocenters. The van der Waals surface area contributed by atoms with Gasteiger partial charge >= 0.3 is 0 Å². The molecular formula is C20H26N2O3. The van der Waals surface area contributed by atoms with Crippen LogP contribution in [0.5, 0.6) is 5.75 Å². The van der Waals surface area contributed by atoms with Crippen molar-refractivity contribution in [3.8, 4) is 5.75 Å². The van der Waals surface area contributed by atoms with Crippen LogP contribution in [-0.2, 0) is 4.79 Å². The average molecular weight is 342 g/mol.